The van der Waals surface area contributed by atoms with Crippen molar-refractivity contribution in [2.24, 2.45) is 11.0 Å². The number of quaternary nitrogens is 1. The molecule has 1 heterocycles. The molecule has 2 unspecified atom stereocenters. The average Bonchev–Trinajstić information content (AvgIpc) is 2.29. The Kier molecular flexibility index (Phi) is 3.07. The van der Waals surface area contributed by atoms with E-state index in [0.29, 0.717) is 6.54 Å². The number of benzene rings is 1. The van der Waals surface area contributed by atoms with Crippen molar-refractivity contribution >= 4 is 5.71 Å². The standard InChI is InChI=1S/C11H15N3O2/c1-8-7-14(15)13-12-11(8)9-3-5-10(16-2)6-4-9/h3-6,8,13-14H,7H2,1-2H3. The minimum atomic E-state index is -0.0234. The van der Waals surface area contributed by atoms with E-state index >= 15 is 0 Å². The lowest BCUT2D eigenvalue weighted by atomic mass is 9.98. The van der Waals surface area contributed by atoms with Crippen molar-refractivity contribution in [3.63, 3.8) is 0 Å². The smallest absolute Gasteiger partial charge is 0.118 e. The molecule has 2 atom stereocenters. The molecule has 1 aliphatic heterocycles. The van der Waals surface area contributed by atoms with Gasteiger partial charge in [-0.25, -0.2) is 0 Å². The molecule has 0 aliphatic carbocycles. The topological polar surface area (TPSA) is 61.1 Å². The van der Waals surface area contributed by atoms with Gasteiger partial charge < -0.3 is 9.94 Å². The van der Waals surface area contributed by atoms with E-state index in [1.54, 1.807) is 7.11 Å². The van der Waals surface area contributed by atoms with Crippen LogP contribution >= 0.6 is 0 Å². The lowest BCUT2D eigenvalue weighted by Crippen LogP contribution is -3.15. The maximum absolute atomic E-state index is 11.1. The van der Waals surface area contributed by atoms with Crippen LogP contribution in [0.3, 0.4) is 0 Å². The lowest BCUT2D eigenvalue weighted by Gasteiger charge is -2.29. The van der Waals surface area contributed by atoms with Crippen molar-refractivity contribution in [1.82, 2.24) is 5.53 Å². The fourth-order valence-electron chi connectivity index (χ4n) is 1.76. The van der Waals surface area contributed by atoms with E-state index in [1.807, 2.05) is 31.2 Å². The van der Waals surface area contributed by atoms with Gasteiger partial charge in [0.15, 0.2) is 0 Å². The molecule has 5 heteroatoms. The molecule has 0 aromatic heterocycles. The summed E-state index contributed by atoms with van der Waals surface area (Å²) in [5.74, 6) is 0.971. The number of hydrogen-bond acceptors (Lipinski definition) is 4. The van der Waals surface area contributed by atoms with Crippen molar-refractivity contribution < 1.29 is 9.91 Å². The summed E-state index contributed by atoms with van der Waals surface area (Å²) in [4.78, 5) is 0. The van der Waals surface area contributed by atoms with Crippen LogP contribution < -0.4 is 15.4 Å². The van der Waals surface area contributed by atoms with Gasteiger partial charge in [0.25, 0.3) is 0 Å². The second-order valence-corrected chi connectivity index (χ2v) is 3.87. The van der Waals surface area contributed by atoms with Gasteiger partial charge in [0, 0.05) is 0 Å². The van der Waals surface area contributed by atoms with Crippen molar-refractivity contribution in [3.8, 4) is 5.75 Å². The van der Waals surface area contributed by atoms with Crippen molar-refractivity contribution in [1.29, 1.82) is 0 Å². The zero-order valence-electron chi connectivity index (χ0n) is 9.36. The van der Waals surface area contributed by atoms with Crippen LogP contribution in [0.2, 0.25) is 0 Å². The Morgan fingerprint density at radius 1 is 1.44 bits per heavy atom. The summed E-state index contributed by atoms with van der Waals surface area (Å²) < 4.78 is 5.09. The number of hydrogen-bond donors (Lipinski definition) is 2. The fourth-order valence-corrected chi connectivity index (χ4v) is 1.76. The van der Waals surface area contributed by atoms with Gasteiger partial charge in [0.2, 0.25) is 0 Å². The maximum atomic E-state index is 11.1. The number of hydroxylamine groups is 1. The third-order valence-corrected chi connectivity index (χ3v) is 2.65. The van der Waals surface area contributed by atoms with Gasteiger partial charge in [-0.3, -0.25) is 5.17 Å². The Bertz CT molecular complexity index is 389. The SMILES string of the molecule is COc1ccc(C2=NN[NH+]([O-])CC2C)cc1. The highest BCUT2D eigenvalue weighted by molar-refractivity contribution is 6.02. The van der Waals surface area contributed by atoms with Crippen LogP contribution in [0.4, 0.5) is 0 Å². The van der Waals surface area contributed by atoms with Gasteiger partial charge >= 0.3 is 0 Å². The van der Waals surface area contributed by atoms with E-state index in [-0.39, 0.29) is 11.1 Å². The molecule has 2 rings (SSSR count). The first-order chi connectivity index (χ1) is 7.70. The summed E-state index contributed by atoms with van der Waals surface area (Å²) in [6, 6.07) is 7.68. The second kappa shape index (κ2) is 4.51. The number of nitrogens with zero attached hydrogens (tertiary/aromatic N) is 1. The summed E-state index contributed by atoms with van der Waals surface area (Å²) in [5, 5.41) is 15.2. The van der Waals surface area contributed by atoms with Gasteiger partial charge in [0.1, 0.15) is 12.3 Å². The number of nitrogens with one attached hydrogen (secondary N) is 2. The molecule has 1 aliphatic rings. The number of hydrazone groups is 1. The molecule has 0 radical (unpaired) electrons. The molecule has 0 bridgehead atoms. The molecular formula is C11H15N3O2. The molecule has 0 spiro atoms. The molecule has 0 saturated carbocycles. The molecule has 1 aromatic carbocycles. The first-order valence-corrected chi connectivity index (χ1v) is 5.21. The maximum Gasteiger partial charge on any atom is 0.118 e. The summed E-state index contributed by atoms with van der Waals surface area (Å²) >= 11 is 0. The van der Waals surface area contributed by atoms with Gasteiger partial charge in [0.05, 0.1) is 18.7 Å². The number of rotatable bonds is 2. The van der Waals surface area contributed by atoms with Crippen LogP contribution in [-0.2, 0) is 0 Å². The first-order valence-electron chi connectivity index (χ1n) is 5.21. The summed E-state index contributed by atoms with van der Waals surface area (Å²) in [7, 11) is 1.63. The van der Waals surface area contributed by atoms with E-state index < -0.39 is 0 Å². The minimum absolute atomic E-state index is 0.0234. The molecule has 0 saturated heterocycles. The summed E-state index contributed by atoms with van der Waals surface area (Å²) in [5.41, 5.74) is 4.45. The Morgan fingerprint density at radius 3 is 2.69 bits per heavy atom. The Hall–Kier alpha value is -1.59. The molecule has 16 heavy (non-hydrogen) atoms. The van der Waals surface area contributed by atoms with Crippen LogP contribution in [0.5, 0.6) is 5.75 Å². The van der Waals surface area contributed by atoms with Crippen molar-refractivity contribution in [3.05, 3.63) is 35.0 Å². The van der Waals surface area contributed by atoms with Crippen molar-refractivity contribution in [2.75, 3.05) is 13.7 Å². The molecule has 5 nitrogen and oxygen atoms in total. The first kappa shape index (κ1) is 10.9. The van der Waals surface area contributed by atoms with E-state index in [9.17, 15) is 5.21 Å². The zero-order chi connectivity index (χ0) is 11.5. The fraction of sp³-hybridized carbons (Fsp3) is 0.364. The van der Waals surface area contributed by atoms with E-state index in [1.165, 1.54) is 0 Å². The van der Waals surface area contributed by atoms with Crippen LogP contribution in [0.25, 0.3) is 0 Å². The predicted molar refractivity (Wildman–Crippen MR) is 61.0 cm³/mol. The van der Waals surface area contributed by atoms with E-state index in [2.05, 4.69) is 10.6 Å². The Labute approximate surface area is 94.3 Å². The van der Waals surface area contributed by atoms with Crippen LogP contribution in [0, 0.1) is 11.1 Å². The van der Waals surface area contributed by atoms with Crippen LogP contribution in [0.15, 0.2) is 29.4 Å². The molecule has 86 valence electrons. The molecule has 0 amide bonds. The largest absolute Gasteiger partial charge is 0.607 e. The van der Waals surface area contributed by atoms with Gasteiger partial charge in [-0.1, -0.05) is 6.92 Å². The average molecular weight is 221 g/mol. The van der Waals surface area contributed by atoms with Gasteiger partial charge in [-0.2, -0.15) is 5.53 Å². The van der Waals surface area contributed by atoms with Gasteiger partial charge in [-0.05, 0) is 29.8 Å². The highest BCUT2D eigenvalue weighted by Gasteiger charge is 2.20. The van der Waals surface area contributed by atoms with Gasteiger partial charge in [-0.15, -0.1) is 5.10 Å². The van der Waals surface area contributed by atoms with Crippen LogP contribution in [-0.4, -0.2) is 19.4 Å². The number of methoxy groups -OCH3 is 1. The Morgan fingerprint density at radius 2 is 2.12 bits per heavy atom. The number of ether oxygens (including phenoxy) is 1. The molecular weight excluding hydrogens is 206 g/mol. The van der Waals surface area contributed by atoms with E-state index in [0.717, 1.165) is 17.0 Å². The summed E-state index contributed by atoms with van der Waals surface area (Å²) in [6.45, 7) is 2.49. The monoisotopic (exact) mass is 221 g/mol. The van der Waals surface area contributed by atoms with E-state index in [4.69, 9.17) is 4.74 Å². The highest BCUT2D eigenvalue weighted by Crippen LogP contribution is 2.15. The summed E-state index contributed by atoms with van der Waals surface area (Å²) in [6.07, 6.45) is 0. The molecule has 0 fully saturated rings. The minimum Gasteiger partial charge on any atom is -0.607 e. The highest BCUT2D eigenvalue weighted by atomic mass is 16.5. The third-order valence-electron chi connectivity index (χ3n) is 2.65. The lowest BCUT2D eigenvalue weighted by molar-refractivity contribution is -0.901. The predicted octanol–water partition coefficient (Wildman–Crippen LogP) is -0.0637. The van der Waals surface area contributed by atoms with Crippen molar-refractivity contribution in [2.45, 2.75) is 6.92 Å². The van der Waals surface area contributed by atoms with Crippen LogP contribution in [0.1, 0.15) is 12.5 Å². The normalized spacial score (nSPS) is 24.6. The quantitative estimate of drug-likeness (QED) is 0.688. The Balaban J connectivity index is 2.23. The molecule has 1 aromatic rings. The second-order valence-electron chi connectivity index (χ2n) is 3.87. The molecule has 2 N–H and O–H groups in total. The third kappa shape index (κ3) is 2.15. The zero-order valence-corrected chi connectivity index (χ0v) is 9.36.